The van der Waals surface area contributed by atoms with Crippen LogP contribution in [0.25, 0.3) is 0 Å². The fourth-order valence-corrected chi connectivity index (χ4v) is 15.7. The molecule has 4 saturated heterocycles. The highest BCUT2D eigenvalue weighted by Crippen LogP contribution is 2.37. The number of aryl methyl sites for hydroxylation is 1. The van der Waals surface area contributed by atoms with Crippen molar-refractivity contribution in [2.75, 3.05) is 88.7 Å². The molecule has 4 heterocycles. The van der Waals surface area contributed by atoms with E-state index in [1.807, 2.05) is 13.8 Å². The maximum Gasteiger partial charge on any atom is 0.417 e. The lowest BCUT2D eigenvalue weighted by Gasteiger charge is -2.45. The van der Waals surface area contributed by atoms with Crippen molar-refractivity contribution in [2.45, 2.75) is 236 Å². The van der Waals surface area contributed by atoms with Crippen LogP contribution in [0.5, 0.6) is 0 Å². The molecule has 0 radical (unpaired) electrons. The molecule has 1 spiro atoms. The lowest BCUT2D eigenvalue weighted by Crippen LogP contribution is -2.65. The molecule has 6 fully saturated rings. The highest BCUT2D eigenvalue weighted by Gasteiger charge is 2.51. The van der Waals surface area contributed by atoms with Gasteiger partial charge in [-0.15, -0.1) is 0 Å². The fraction of sp³-hybridized carbons (Fsp3) is 0.746. The van der Waals surface area contributed by atoms with Crippen LogP contribution in [0.3, 0.4) is 0 Å². The first kappa shape index (κ1) is 80.2. The van der Waals surface area contributed by atoms with Crippen LogP contribution >= 0.6 is 11.6 Å². The van der Waals surface area contributed by atoms with Crippen molar-refractivity contribution in [1.29, 1.82) is 0 Å². The highest BCUT2D eigenvalue weighted by molar-refractivity contribution is 6.31. The Labute approximate surface area is 591 Å². The lowest BCUT2D eigenvalue weighted by atomic mass is 9.85. The van der Waals surface area contributed by atoms with E-state index >= 15 is 19.2 Å². The minimum Gasteiger partial charge on any atom is -0.382 e. The maximum atomic E-state index is 15.4. The number of hydrogen-bond acceptors (Lipinski definition) is 13. The summed E-state index contributed by atoms with van der Waals surface area (Å²) in [5.41, 5.74) is -2.37. The standard InChI is InChI=1S/C71H108ClF3N12O13/c1-43(2)38-55-60(90)77-51(42-100-12)63(93)80(7)45(5)62(92)87-37-31-54(87)66(96)82(9)53(30-27-46-22-15-13-16-23-46)65(95)79(6)41-57(88)76-50(29-26-47-25-28-48(49(72)39-47)71(73,74)75)64(94)86-36-21-24-52(86)61(91)78-70(32-17-18-33-70)69(99)84(11)59(44(3)4)68(98)83(10)56(40-58(89)81(55)8)67(97)85-34-19-14-20-35-85/h25,28,39,43-46,50-56,59H,13-24,26-27,29-38,40-42H2,1-12H3,(H,76,88)(H,77,90)(H,78,91)/t45-,50-,51-,52-,53-,54-,55-,56-,59-/m0/s1. The van der Waals surface area contributed by atoms with Crippen LogP contribution < -0.4 is 16.0 Å². The van der Waals surface area contributed by atoms with Gasteiger partial charge in [-0.3, -0.25) is 57.5 Å². The number of likely N-dealkylation sites (N-methyl/N-ethyl adjacent to an activating group) is 6. The van der Waals surface area contributed by atoms with E-state index in [2.05, 4.69) is 16.0 Å². The number of benzene rings is 1. The van der Waals surface area contributed by atoms with E-state index < -0.39 is 166 Å². The van der Waals surface area contributed by atoms with Crippen LogP contribution in [0, 0.1) is 17.8 Å². The Morgan fingerprint density at radius 2 is 1.27 bits per heavy atom. The molecule has 9 atom stereocenters. The second kappa shape index (κ2) is 35.2. The van der Waals surface area contributed by atoms with Gasteiger partial charge in [0.15, 0.2) is 0 Å². The molecular weight excluding hydrogens is 1320 g/mol. The second-order valence-corrected chi connectivity index (χ2v) is 29.9. The zero-order valence-corrected chi connectivity index (χ0v) is 61.4. The summed E-state index contributed by atoms with van der Waals surface area (Å²) >= 11 is 6.16. The summed E-state index contributed by atoms with van der Waals surface area (Å²) in [7, 11) is 9.78. The number of likely N-dealkylation sites (tertiary alicyclic amines) is 1. The van der Waals surface area contributed by atoms with Crippen molar-refractivity contribution in [2.24, 2.45) is 17.8 Å². The molecule has 7 rings (SSSR count). The molecule has 12 amide bonds. The first-order valence-electron chi connectivity index (χ1n) is 35.9. The number of fused-ring (bicyclic) bond motifs is 2. The number of ether oxygens (including phenoxy) is 1. The van der Waals surface area contributed by atoms with E-state index in [0.29, 0.717) is 57.2 Å². The van der Waals surface area contributed by atoms with E-state index in [-0.39, 0.29) is 82.9 Å². The molecule has 100 heavy (non-hydrogen) atoms. The Kier molecular flexibility index (Phi) is 28.2. The number of alkyl halides is 3. The van der Waals surface area contributed by atoms with Gasteiger partial charge in [-0.25, -0.2) is 0 Å². The van der Waals surface area contributed by atoms with Crippen LogP contribution in [-0.2, 0) is 74.9 Å². The van der Waals surface area contributed by atoms with Crippen molar-refractivity contribution in [3.63, 3.8) is 0 Å². The number of halogens is 4. The van der Waals surface area contributed by atoms with Gasteiger partial charge in [0.05, 0.1) is 30.2 Å². The van der Waals surface area contributed by atoms with Gasteiger partial charge < -0.3 is 64.8 Å². The molecule has 3 N–H and O–H groups in total. The van der Waals surface area contributed by atoms with Crippen LogP contribution in [0.1, 0.15) is 174 Å². The minimum absolute atomic E-state index is 0.0295. The third-order valence-electron chi connectivity index (χ3n) is 21.6. The van der Waals surface area contributed by atoms with Gasteiger partial charge >= 0.3 is 6.18 Å². The van der Waals surface area contributed by atoms with E-state index in [1.54, 1.807) is 18.7 Å². The van der Waals surface area contributed by atoms with E-state index in [9.17, 15) is 51.5 Å². The molecule has 1 aromatic rings. The molecule has 4 aliphatic heterocycles. The molecule has 0 bridgehead atoms. The summed E-state index contributed by atoms with van der Waals surface area (Å²) in [5.74, 6) is -8.55. The molecule has 25 nitrogen and oxygen atoms in total. The van der Waals surface area contributed by atoms with Gasteiger partial charge in [0.25, 0.3) is 0 Å². The van der Waals surface area contributed by atoms with Crippen molar-refractivity contribution >= 4 is 82.5 Å². The number of piperidine rings is 1. The monoisotopic (exact) mass is 1430 g/mol. The van der Waals surface area contributed by atoms with Gasteiger partial charge in [-0.05, 0) is 126 Å². The minimum atomic E-state index is -4.76. The largest absolute Gasteiger partial charge is 0.417 e. The zero-order chi connectivity index (χ0) is 73.8. The quantitative estimate of drug-likeness (QED) is 0.248. The number of hydrogen-bond donors (Lipinski definition) is 3. The third kappa shape index (κ3) is 19.1. The van der Waals surface area contributed by atoms with Gasteiger partial charge in [0, 0.05) is 75.6 Å². The van der Waals surface area contributed by atoms with Crippen molar-refractivity contribution in [3.05, 3.63) is 34.3 Å². The number of carbonyl (C=O) groups excluding carboxylic acids is 12. The molecule has 6 aliphatic rings. The molecule has 2 aliphatic carbocycles. The summed E-state index contributed by atoms with van der Waals surface area (Å²) in [5, 5.41) is 7.97. The number of rotatable bonds is 12. The SMILES string of the molecule is COC[C@@H]1NC(=O)[C@H](CC(C)C)N(C)C(=O)C[C@@H](C(=O)N2CCCCC2)N(C)C(=O)[C@H](C(C)C)N(C)C(=O)C2(CCCC2)NC(=O)[C@@H]2CCCN2C(=O)[C@H](CCc2ccc(C(F)(F)F)c(Cl)c2)NC(=O)CN(C)C(=O)[C@H](CCC2CCCCC2)N(C)C(=O)[C@@H]2CCN2C(=O)[C@H](C)N(C)C1=O. The lowest BCUT2D eigenvalue weighted by molar-refractivity contribution is -0.160. The van der Waals surface area contributed by atoms with Crippen LogP contribution in [0.15, 0.2) is 18.2 Å². The van der Waals surface area contributed by atoms with Crippen molar-refractivity contribution in [1.82, 2.24) is 60.0 Å². The zero-order valence-electron chi connectivity index (χ0n) is 60.6. The molecular formula is C71H108ClF3N12O13. The number of amides is 12. The number of methoxy groups -OCH3 is 1. The number of nitrogens with one attached hydrogen (secondary N) is 3. The first-order chi connectivity index (χ1) is 47.1. The molecule has 1 aromatic carbocycles. The summed E-state index contributed by atoms with van der Waals surface area (Å²) in [6.45, 7) is 8.49. The summed E-state index contributed by atoms with van der Waals surface area (Å²) < 4.78 is 47.1. The number of carbonyl (C=O) groups is 12. The third-order valence-corrected chi connectivity index (χ3v) is 21.9. The predicted octanol–water partition coefficient (Wildman–Crippen LogP) is 5.02. The number of nitrogens with zero attached hydrogens (tertiary/aromatic N) is 9. The summed E-state index contributed by atoms with van der Waals surface area (Å²) in [6, 6.07) is -8.20. The highest BCUT2D eigenvalue weighted by atomic mass is 35.5. The average molecular weight is 1430 g/mol. The maximum absolute atomic E-state index is 15.4. The molecule has 2 saturated carbocycles. The topological polar surface area (TPSA) is 279 Å². The van der Waals surface area contributed by atoms with Gasteiger partial charge in [-0.1, -0.05) is 90.3 Å². The summed E-state index contributed by atoms with van der Waals surface area (Å²) in [4.78, 5) is 190. The van der Waals surface area contributed by atoms with Crippen molar-refractivity contribution in [3.8, 4) is 0 Å². The Balaban J connectivity index is 1.28. The molecule has 558 valence electrons. The Hall–Kier alpha value is -7.10. The smallest absolute Gasteiger partial charge is 0.382 e. The molecule has 0 aromatic heterocycles. The van der Waals surface area contributed by atoms with Crippen LogP contribution in [-0.4, -0.2) is 264 Å². The average Bonchev–Trinajstić information content (AvgIpc) is 1.29. The second-order valence-electron chi connectivity index (χ2n) is 29.5. The predicted molar refractivity (Wildman–Crippen MR) is 366 cm³/mol. The molecule has 0 unspecified atom stereocenters. The fourth-order valence-electron chi connectivity index (χ4n) is 15.4. The van der Waals surface area contributed by atoms with Gasteiger partial charge in [-0.2, -0.15) is 13.2 Å². The van der Waals surface area contributed by atoms with Crippen molar-refractivity contribution < 1.29 is 75.4 Å². The van der Waals surface area contributed by atoms with E-state index in [1.165, 1.54) is 91.8 Å². The Morgan fingerprint density at radius 1 is 0.630 bits per heavy atom. The Bertz CT molecular complexity index is 3140. The summed E-state index contributed by atoms with van der Waals surface area (Å²) in [6.07, 6.45) is 4.28. The normalized spacial score (nSPS) is 27.5. The van der Waals surface area contributed by atoms with Crippen LogP contribution in [0.4, 0.5) is 13.2 Å². The van der Waals surface area contributed by atoms with Crippen LogP contribution in [0.2, 0.25) is 5.02 Å². The molecule has 29 heteroatoms. The van der Waals surface area contributed by atoms with Gasteiger partial charge in [0.2, 0.25) is 70.9 Å². The van der Waals surface area contributed by atoms with E-state index in [0.717, 1.165) is 60.5 Å². The van der Waals surface area contributed by atoms with Gasteiger partial charge in [0.1, 0.15) is 59.9 Å². The first-order valence-corrected chi connectivity index (χ1v) is 36.3. The Morgan fingerprint density at radius 3 is 1.86 bits per heavy atom. The van der Waals surface area contributed by atoms with E-state index in [4.69, 9.17) is 16.3 Å².